The smallest absolute Gasteiger partial charge is 0.293 e. The number of carbonyl (C=O) groups is 2. The van der Waals surface area contributed by atoms with Gasteiger partial charge in [0.2, 0.25) is 0 Å². The van der Waals surface area contributed by atoms with E-state index in [2.05, 4.69) is 22.6 Å². The molecule has 0 saturated carbocycles. The van der Waals surface area contributed by atoms with Gasteiger partial charge in [0.15, 0.2) is 11.5 Å². The van der Waals surface area contributed by atoms with Crippen LogP contribution in [-0.4, -0.2) is 36.3 Å². The molecule has 0 N–H and O–H groups in total. The van der Waals surface area contributed by atoms with Crippen molar-refractivity contribution < 1.29 is 19.1 Å². The van der Waals surface area contributed by atoms with Crippen LogP contribution in [0.25, 0.3) is 6.08 Å². The second-order valence-electron chi connectivity index (χ2n) is 4.39. The predicted octanol–water partition coefficient (Wildman–Crippen LogP) is 3.75. The second-order valence-corrected chi connectivity index (χ2v) is 6.55. The number of amides is 2. The summed E-state index contributed by atoms with van der Waals surface area (Å²) in [6.45, 7) is 4.57. The molecule has 0 atom stereocenters. The Balaban J connectivity index is 2.40. The number of likely N-dealkylation sites (N-methyl/N-ethyl adjacent to an activating group) is 1. The molecule has 1 fully saturated rings. The van der Waals surface area contributed by atoms with Gasteiger partial charge in [-0.15, -0.1) is 0 Å². The first-order valence-corrected chi connectivity index (χ1v) is 8.67. The summed E-state index contributed by atoms with van der Waals surface area (Å²) in [6.07, 6.45) is 1.71. The monoisotopic (exact) mass is 433 g/mol. The molecular weight excluding hydrogens is 417 g/mol. The molecule has 0 unspecified atom stereocenters. The van der Waals surface area contributed by atoms with Crippen molar-refractivity contribution in [2.24, 2.45) is 0 Å². The number of methoxy groups -OCH3 is 1. The van der Waals surface area contributed by atoms with Gasteiger partial charge in [0.1, 0.15) is 0 Å². The van der Waals surface area contributed by atoms with E-state index in [1.165, 1.54) is 4.90 Å². The lowest BCUT2D eigenvalue weighted by atomic mass is 10.2. The largest absolute Gasteiger partial charge is 0.492 e. The zero-order valence-corrected chi connectivity index (χ0v) is 15.5. The molecule has 0 spiro atoms. The molecular formula is C15H16INO4S. The fraction of sp³-hybridized carbons (Fsp3) is 0.333. The van der Waals surface area contributed by atoms with E-state index >= 15 is 0 Å². The first kappa shape index (κ1) is 17.1. The van der Waals surface area contributed by atoms with Gasteiger partial charge in [0, 0.05) is 6.54 Å². The van der Waals surface area contributed by atoms with Gasteiger partial charge in [-0.2, -0.15) is 0 Å². The number of benzene rings is 1. The molecule has 0 aliphatic carbocycles. The highest BCUT2D eigenvalue weighted by molar-refractivity contribution is 14.1. The molecule has 0 bridgehead atoms. The number of hydrogen-bond acceptors (Lipinski definition) is 5. The highest BCUT2D eigenvalue weighted by atomic mass is 127. The maximum atomic E-state index is 12.1. The van der Waals surface area contributed by atoms with Crippen molar-refractivity contribution in [3.05, 3.63) is 26.2 Å². The topological polar surface area (TPSA) is 55.8 Å². The summed E-state index contributed by atoms with van der Waals surface area (Å²) in [6, 6.07) is 3.70. The van der Waals surface area contributed by atoms with E-state index < -0.39 is 0 Å². The molecule has 1 aliphatic heterocycles. The fourth-order valence-electron chi connectivity index (χ4n) is 2.06. The van der Waals surface area contributed by atoms with E-state index in [0.29, 0.717) is 29.6 Å². The molecule has 0 aromatic heterocycles. The number of ether oxygens (including phenoxy) is 2. The Bertz CT molecular complexity index is 645. The van der Waals surface area contributed by atoms with E-state index in [0.717, 1.165) is 20.9 Å². The van der Waals surface area contributed by atoms with Crippen LogP contribution in [0, 0.1) is 3.57 Å². The average molecular weight is 433 g/mol. The Morgan fingerprint density at radius 3 is 2.59 bits per heavy atom. The van der Waals surface area contributed by atoms with Crippen LogP contribution in [0.15, 0.2) is 17.0 Å². The first-order valence-electron chi connectivity index (χ1n) is 6.77. The molecule has 7 heteroatoms. The van der Waals surface area contributed by atoms with Crippen molar-refractivity contribution in [1.82, 2.24) is 4.90 Å². The Morgan fingerprint density at radius 1 is 1.32 bits per heavy atom. The lowest BCUT2D eigenvalue weighted by molar-refractivity contribution is -0.122. The molecule has 2 amide bonds. The van der Waals surface area contributed by atoms with Crippen LogP contribution < -0.4 is 9.47 Å². The number of imide groups is 1. The van der Waals surface area contributed by atoms with E-state index in [1.54, 1.807) is 20.1 Å². The zero-order valence-electron chi connectivity index (χ0n) is 12.5. The van der Waals surface area contributed by atoms with Crippen LogP contribution >= 0.6 is 34.4 Å². The quantitative estimate of drug-likeness (QED) is 0.523. The molecule has 1 aliphatic rings. The van der Waals surface area contributed by atoms with E-state index in [4.69, 9.17) is 9.47 Å². The van der Waals surface area contributed by atoms with E-state index in [-0.39, 0.29) is 11.1 Å². The molecule has 2 rings (SSSR count). The van der Waals surface area contributed by atoms with Crippen LogP contribution in [0.5, 0.6) is 11.5 Å². The lowest BCUT2D eigenvalue weighted by Gasteiger charge is -2.12. The minimum atomic E-state index is -0.249. The van der Waals surface area contributed by atoms with Crippen LogP contribution in [0.2, 0.25) is 0 Å². The SMILES string of the molecule is CCOc1cc(C=C2SC(=O)N(CC)C2=O)cc(I)c1OC. The molecule has 5 nitrogen and oxygen atoms in total. The van der Waals surface area contributed by atoms with Gasteiger partial charge >= 0.3 is 0 Å². The van der Waals surface area contributed by atoms with Gasteiger partial charge in [-0.25, -0.2) is 0 Å². The maximum Gasteiger partial charge on any atom is 0.293 e. The van der Waals surface area contributed by atoms with Crippen LogP contribution in [-0.2, 0) is 4.79 Å². The Kier molecular flexibility index (Phi) is 5.74. The first-order chi connectivity index (χ1) is 10.5. The van der Waals surface area contributed by atoms with Gasteiger partial charge in [0.05, 0.1) is 22.2 Å². The number of thioether (sulfide) groups is 1. The van der Waals surface area contributed by atoms with Gasteiger partial charge < -0.3 is 9.47 Å². The average Bonchev–Trinajstić information content (AvgIpc) is 2.73. The summed E-state index contributed by atoms with van der Waals surface area (Å²) in [5, 5.41) is -0.230. The summed E-state index contributed by atoms with van der Waals surface area (Å²) in [4.78, 5) is 25.5. The third-order valence-corrected chi connectivity index (χ3v) is 4.73. The molecule has 0 radical (unpaired) electrons. The Morgan fingerprint density at radius 2 is 2.05 bits per heavy atom. The number of hydrogen-bond donors (Lipinski definition) is 0. The molecule has 1 saturated heterocycles. The number of nitrogens with zero attached hydrogens (tertiary/aromatic N) is 1. The molecule has 1 aromatic rings. The van der Waals surface area contributed by atoms with E-state index in [9.17, 15) is 9.59 Å². The van der Waals surface area contributed by atoms with Crippen molar-refractivity contribution >= 4 is 51.6 Å². The van der Waals surface area contributed by atoms with Crippen LogP contribution in [0.3, 0.4) is 0 Å². The normalized spacial score (nSPS) is 16.5. The Labute approximate surface area is 147 Å². The minimum Gasteiger partial charge on any atom is -0.492 e. The summed E-state index contributed by atoms with van der Waals surface area (Å²) in [5.41, 5.74) is 0.801. The molecule has 22 heavy (non-hydrogen) atoms. The van der Waals surface area contributed by atoms with Crippen molar-refractivity contribution in [2.75, 3.05) is 20.3 Å². The number of halogens is 1. The summed E-state index contributed by atoms with van der Waals surface area (Å²) < 4.78 is 11.8. The van der Waals surface area contributed by atoms with Crippen molar-refractivity contribution in [3.8, 4) is 11.5 Å². The zero-order chi connectivity index (χ0) is 16.3. The van der Waals surface area contributed by atoms with Gasteiger partial charge in [0.25, 0.3) is 11.1 Å². The highest BCUT2D eigenvalue weighted by Gasteiger charge is 2.33. The van der Waals surface area contributed by atoms with Crippen LogP contribution in [0.1, 0.15) is 19.4 Å². The Hall–Kier alpha value is -1.22. The lowest BCUT2D eigenvalue weighted by Crippen LogP contribution is -2.27. The van der Waals surface area contributed by atoms with Gasteiger partial charge in [-0.05, 0) is 72.0 Å². The third kappa shape index (κ3) is 3.40. The van der Waals surface area contributed by atoms with Crippen molar-refractivity contribution in [3.63, 3.8) is 0 Å². The number of rotatable bonds is 5. The molecule has 1 heterocycles. The van der Waals surface area contributed by atoms with Crippen LogP contribution in [0.4, 0.5) is 4.79 Å². The molecule has 118 valence electrons. The maximum absolute atomic E-state index is 12.1. The van der Waals surface area contributed by atoms with Crippen molar-refractivity contribution in [1.29, 1.82) is 0 Å². The number of carbonyl (C=O) groups excluding carboxylic acids is 2. The predicted molar refractivity (Wildman–Crippen MR) is 95.2 cm³/mol. The summed E-state index contributed by atoms with van der Waals surface area (Å²) in [5.74, 6) is 1.04. The third-order valence-electron chi connectivity index (χ3n) is 3.02. The van der Waals surface area contributed by atoms with Gasteiger partial charge in [-0.1, -0.05) is 0 Å². The van der Waals surface area contributed by atoms with Crippen molar-refractivity contribution in [2.45, 2.75) is 13.8 Å². The van der Waals surface area contributed by atoms with E-state index in [1.807, 2.05) is 19.1 Å². The summed E-state index contributed by atoms with van der Waals surface area (Å²) >= 11 is 3.12. The highest BCUT2D eigenvalue weighted by Crippen LogP contribution is 2.37. The fourth-order valence-corrected chi connectivity index (χ4v) is 3.80. The minimum absolute atomic E-state index is 0.230. The standard InChI is InChI=1S/C15H16INO4S/c1-4-17-14(18)12(22-15(17)19)8-9-6-10(16)13(20-3)11(7-9)21-5-2/h6-8H,4-5H2,1-3H3. The second kappa shape index (κ2) is 7.36. The molecule has 1 aromatic carbocycles. The summed E-state index contributed by atoms with van der Waals surface area (Å²) in [7, 11) is 1.59. The van der Waals surface area contributed by atoms with Gasteiger partial charge in [-0.3, -0.25) is 14.5 Å².